The Hall–Kier alpha value is -1.34. The number of anilines is 1. The average molecular weight is 402 g/mol. The number of halogens is 2. The highest BCUT2D eigenvalue weighted by Gasteiger charge is 2.23. The largest absolute Gasteiger partial charge is 0.399 e. The van der Waals surface area contributed by atoms with Crippen LogP contribution in [0.15, 0.2) is 28.8 Å². The first-order valence-corrected chi connectivity index (χ1v) is 8.52. The van der Waals surface area contributed by atoms with Gasteiger partial charge in [-0.1, -0.05) is 38.1 Å². The number of nitrogens with zero attached hydrogens (tertiary/aromatic N) is 4. The number of aromatic nitrogens is 2. The Morgan fingerprint density at radius 1 is 1.04 bits per heavy atom. The molecule has 1 aromatic heterocycles. The van der Waals surface area contributed by atoms with Gasteiger partial charge in [-0.25, -0.2) is 0 Å². The zero-order valence-corrected chi connectivity index (χ0v) is 17.3. The third-order valence-electron chi connectivity index (χ3n) is 4.30. The van der Waals surface area contributed by atoms with E-state index in [1.807, 2.05) is 12.1 Å². The van der Waals surface area contributed by atoms with Crippen molar-refractivity contribution < 1.29 is 4.52 Å². The van der Waals surface area contributed by atoms with Crippen molar-refractivity contribution in [2.75, 3.05) is 31.9 Å². The first-order chi connectivity index (χ1) is 11.4. The molecule has 0 aliphatic carbocycles. The maximum Gasteiger partial charge on any atom is 0.232 e. The van der Waals surface area contributed by atoms with Crippen molar-refractivity contribution in [3.8, 4) is 0 Å². The molecule has 3 rings (SSSR count). The number of hydrogen-bond acceptors (Lipinski definition) is 6. The molecular weight excluding hydrogens is 373 g/mol. The van der Waals surface area contributed by atoms with E-state index in [4.69, 9.17) is 10.3 Å². The first kappa shape index (κ1) is 22.7. The van der Waals surface area contributed by atoms with Crippen LogP contribution in [0.2, 0.25) is 0 Å². The van der Waals surface area contributed by atoms with Crippen LogP contribution in [0, 0.1) is 0 Å². The van der Waals surface area contributed by atoms with Gasteiger partial charge in [0.25, 0.3) is 0 Å². The molecule has 0 atom stereocenters. The number of nitrogen functional groups attached to an aromatic ring is 1. The summed E-state index contributed by atoms with van der Waals surface area (Å²) < 4.78 is 5.37. The predicted molar refractivity (Wildman–Crippen MR) is 109 cm³/mol. The highest BCUT2D eigenvalue weighted by molar-refractivity contribution is 5.85. The van der Waals surface area contributed by atoms with Gasteiger partial charge in [0, 0.05) is 43.8 Å². The predicted octanol–water partition coefficient (Wildman–Crippen LogP) is 3.11. The molecule has 0 amide bonds. The smallest absolute Gasteiger partial charge is 0.232 e. The number of piperazine rings is 1. The Labute approximate surface area is 167 Å². The lowest BCUT2D eigenvalue weighted by Gasteiger charge is -2.34. The molecule has 1 saturated heterocycles. The van der Waals surface area contributed by atoms with Gasteiger partial charge in [0.05, 0.1) is 6.54 Å². The minimum Gasteiger partial charge on any atom is -0.399 e. The molecule has 0 unspecified atom stereocenters. The van der Waals surface area contributed by atoms with Crippen molar-refractivity contribution >= 4 is 30.5 Å². The number of hydrogen-bond donors (Lipinski definition) is 1. The van der Waals surface area contributed by atoms with Crippen molar-refractivity contribution in [2.45, 2.75) is 39.3 Å². The summed E-state index contributed by atoms with van der Waals surface area (Å²) in [6.45, 7) is 12.1. The van der Waals surface area contributed by atoms with Crippen molar-refractivity contribution in [1.29, 1.82) is 0 Å². The van der Waals surface area contributed by atoms with Crippen LogP contribution in [-0.4, -0.2) is 46.1 Å². The molecule has 6 nitrogen and oxygen atoms in total. The first-order valence-electron chi connectivity index (χ1n) is 8.52. The SMILES string of the molecule is CC(C)(C)c1nc(CN2CCN(Cc3cccc(N)c3)CC2)no1.Cl.Cl. The lowest BCUT2D eigenvalue weighted by Crippen LogP contribution is -2.45. The highest BCUT2D eigenvalue weighted by atomic mass is 35.5. The summed E-state index contributed by atoms with van der Waals surface area (Å²) in [4.78, 5) is 9.37. The molecule has 0 spiro atoms. The fraction of sp³-hybridized carbons (Fsp3) is 0.556. The summed E-state index contributed by atoms with van der Waals surface area (Å²) in [7, 11) is 0. The fourth-order valence-corrected chi connectivity index (χ4v) is 2.88. The Morgan fingerprint density at radius 2 is 1.65 bits per heavy atom. The van der Waals surface area contributed by atoms with Gasteiger partial charge in [0.1, 0.15) is 0 Å². The molecule has 1 aliphatic rings. The third kappa shape index (κ3) is 6.13. The number of nitrogens with two attached hydrogens (primary N) is 1. The number of benzene rings is 1. The van der Waals surface area contributed by atoms with Gasteiger partial charge in [0.2, 0.25) is 5.89 Å². The van der Waals surface area contributed by atoms with Crippen LogP contribution in [0.3, 0.4) is 0 Å². The van der Waals surface area contributed by atoms with E-state index in [9.17, 15) is 0 Å². The molecule has 26 heavy (non-hydrogen) atoms. The van der Waals surface area contributed by atoms with E-state index in [-0.39, 0.29) is 30.2 Å². The summed E-state index contributed by atoms with van der Waals surface area (Å²) >= 11 is 0. The van der Waals surface area contributed by atoms with Gasteiger partial charge in [-0.05, 0) is 17.7 Å². The standard InChI is InChI=1S/C18H27N5O.2ClH/c1-18(2,3)17-20-16(21-24-17)13-23-9-7-22(8-10-23)12-14-5-4-6-15(19)11-14;;/h4-6,11H,7-10,12-13,19H2,1-3H3;2*1H. The van der Waals surface area contributed by atoms with Crippen molar-refractivity contribution in [2.24, 2.45) is 0 Å². The van der Waals surface area contributed by atoms with Crippen LogP contribution in [0.4, 0.5) is 5.69 Å². The van der Waals surface area contributed by atoms with E-state index in [0.717, 1.165) is 50.8 Å². The zero-order chi connectivity index (χ0) is 17.2. The van der Waals surface area contributed by atoms with Crippen LogP contribution in [0.1, 0.15) is 38.0 Å². The second kappa shape index (κ2) is 9.55. The molecule has 1 fully saturated rings. The van der Waals surface area contributed by atoms with E-state index in [2.05, 4.69) is 52.8 Å². The summed E-state index contributed by atoms with van der Waals surface area (Å²) in [5.74, 6) is 1.49. The summed E-state index contributed by atoms with van der Waals surface area (Å²) in [6.07, 6.45) is 0. The molecule has 2 heterocycles. The number of rotatable bonds is 4. The minimum absolute atomic E-state index is 0. The van der Waals surface area contributed by atoms with Gasteiger partial charge in [0.15, 0.2) is 5.82 Å². The Kier molecular flexibility index (Phi) is 8.34. The summed E-state index contributed by atoms with van der Waals surface area (Å²) in [6, 6.07) is 8.14. The molecule has 1 aliphatic heterocycles. The van der Waals surface area contributed by atoms with Crippen LogP contribution in [0.25, 0.3) is 0 Å². The quantitative estimate of drug-likeness (QED) is 0.793. The monoisotopic (exact) mass is 401 g/mol. The molecule has 146 valence electrons. The minimum atomic E-state index is -0.0958. The van der Waals surface area contributed by atoms with E-state index < -0.39 is 0 Å². The van der Waals surface area contributed by atoms with Crippen LogP contribution in [0.5, 0.6) is 0 Å². The maximum absolute atomic E-state index is 5.85. The molecule has 1 aromatic carbocycles. The van der Waals surface area contributed by atoms with Gasteiger partial charge >= 0.3 is 0 Å². The third-order valence-corrected chi connectivity index (χ3v) is 4.30. The van der Waals surface area contributed by atoms with Gasteiger partial charge in [-0.2, -0.15) is 4.98 Å². The van der Waals surface area contributed by atoms with E-state index >= 15 is 0 Å². The lowest BCUT2D eigenvalue weighted by molar-refractivity contribution is 0.119. The molecule has 0 bridgehead atoms. The van der Waals surface area contributed by atoms with Crippen molar-refractivity contribution in [3.63, 3.8) is 0 Å². The Morgan fingerprint density at radius 3 is 2.19 bits per heavy atom. The van der Waals surface area contributed by atoms with Gasteiger partial charge in [-0.3, -0.25) is 9.80 Å². The van der Waals surface area contributed by atoms with Gasteiger partial charge < -0.3 is 10.3 Å². The van der Waals surface area contributed by atoms with E-state index in [1.54, 1.807) is 0 Å². The highest BCUT2D eigenvalue weighted by Crippen LogP contribution is 2.20. The Bertz CT molecular complexity index is 678. The van der Waals surface area contributed by atoms with Crippen LogP contribution >= 0.6 is 24.8 Å². The second-order valence-corrected chi connectivity index (χ2v) is 7.56. The molecular formula is C18H29Cl2N5O. The second-order valence-electron chi connectivity index (χ2n) is 7.56. The van der Waals surface area contributed by atoms with E-state index in [1.165, 1.54) is 5.56 Å². The van der Waals surface area contributed by atoms with Crippen molar-refractivity contribution in [3.05, 3.63) is 41.5 Å². The topological polar surface area (TPSA) is 71.4 Å². The summed E-state index contributed by atoms with van der Waals surface area (Å²) in [5, 5.41) is 4.12. The zero-order valence-electron chi connectivity index (χ0n) is 15.6. The maximum atomic E-state index is 5.85. The normalized spacial score (nSPS) is 16.0. The van der Waals surface area contributed by atoms with Crippen molar-refractivity contribution in [1.82, 2.24) is 19.9 Å². The van der Waals surface area contributed by atoms with Crippen LogP contribution in [-0.2, 0) is 18.5 Å². The van der Waals surface area contributed by atoms with Crippen LogP contribution < -0.4 is 5.73 Å². The molecule has 0 saturated carbocycles. The molecule has 2 N–H and O–H groups in total. The molecule has 2 aromatic rings. The molecule has 8 heteroatoms. The fourth-order valence-electron chi connectivity index (χ4n) is 2.88. The summed E-state index contributed by atoms with van der Waals surface area (Å²) in [5.41, 5.74) is 7.86. The lowest BCUT2D eigenvalue weighted by atomic mass is 9.97. The average Bonchev–Trinajstić information content (AvgIpc) is 2.98. The van der Waals surface area contributed by atoms with Gasteiger partial charge in [-0.15, -0.1) is 24.8 Å². The molecule has 0 radical (unpaired) electrons. The Balaban J connectivity index is 0.00000169. The van der Waals surface area contributed by atoms with E-state index in [0.29, 0.717) is 5.89 Å².